The van der Waals surface area contributed by atoms with Gasteiger partial charge in [0.1, 0.15) is 29.9 Å². The Morgan fingerprint density at radius 1 is 1.37 bits per heavy atom. The molecule has 3 heterocycles. The summed E-state index contributed by atoms with van der Waals surface area (Å²) in [5, 5.41) is 7.42. The van der Waals surface area contributed by atoms with E-state index < -0.39 is 47.4 Å². The number of anilines is 1. The minimum absolute atomic E-state index is 0.128. The number of rotatable bonds is 7. The number of esters is 2. The predicted octanol–water partition coefficient (Wildman–Crippen LogP) is 0.453. The van der Waals surface area contributed by atoms with Crippen molar-refractivity contribution in [3.8, 4) is 12.3 Å². The minimum Gasteiger partial charge on any atom is -0.427 e. The highest BCUT2D eigenvalue weighted by atomic mass is 32.2. The van der Waals surface area contributed by atoms with Crippen LogP contribution in [0.1, 0.15) is 26.5 Å². The van der Waals surface area contributed by atoms with E-state index >= 15 is 0 Å². The first-order valence-corrected chi connectivity index (χ1v) is 12.0. The van der Waals surface area contributed by atoms with Gasteiger partial charge in [0.2, 0.25) is 6.79 Å². The van der Waals surface area contributed by atoms with Crippen LogP contribution >= 0.6 is 23.1 Å². The summed E-state index contributed by atoms with van der Waals surface area (Å²) in [7, 11) is 1.26. The minimum atomic E-state index is -0.966. The molecule has 1 saturated heterocycles. The number of amides is 2. The van der Waals surface area contributed by atoms with E-state index in [1.165, 1.54) is 24.3 Å². The van der Waals surface area contributed by atoms with Crippen molar-refractivity contribution in [2.24, 2.45) is 10.6 Å². The van der Waals surface area contributed by atoms with Crippen LogP contribution in [0.25, 0.3) is 0 Å². The number of fused-ring (bicyclic) bond motifs is 1. The van der Waals surface area contributed by atoms with Gasteiger partial charge in [0, 0.05) is 16.7 Å². The van der Waals surface area contributed by atoms with Crippen LogP contribution in [0, 0.1) is 17.8 Å². The number of β-lactam (4-membered cyclic amide) rings is 1. The number of nitrogens with zero attached hydrogens (tertiary/aromatic N) is 3. The first-order valence-electron chi connectivity index (χ1n) is 10.1. The van der Waals surface area contributed by atoms with Crippen LogP contribution in [-0.4, -0.2) is 70.4 Å². The van der Waals surface area contributed by atoms with Crippen molar-refractivity contribution in [2.75, 3.05) is 25.4 Å². The molecule has 14 heteroatoms. The van der Waals surface area contributed by atoms with Crippen LogP contribution in [-0.2, 0) is 33.5 Å². The maximum atomic E-state index is 12.9. The Morgan fingerprint density at radius 2 is 2.09 bits per heavy atom. The van der Waals surface area contributed by atoms with Crippen molar-refractivity contribution >= 4 is 57.7 Å². The van der Waals surface area contributed by atoms with Crippen molar-refractivity contribution < 1.29 is 33.5 Å². The Labute approximate surface area is 209 Å². The predicted molar refractivity (Wildman–Crippen MR) is 127 cm³/mol. The molecule has 2 atom stereocenters. The fourth-order valence-corrected chi connectivity index (χ4v) is 4.88. The highest BCUT2D eigenvalue weighted by Gasteiger charge is 2.54. The molecule has 12 nitrogen and oxygen atoms in total. The van der Waals surface area contributed by atoms with Gasteiger partial charge < -0.3 is 25.4 Å². The second-order valence-electron chi connectivity index (χ2n) is 8.26. The topological polar surface area (TPSA) is 163 Å². The number of oxime groups is 1. The number of carbonyl (C=O) groups is 4. The molecule has 0 aliphatic carbocycles. The van der Waals surface area contributed by atoms with Gasteiger partial charge in [0.05, 0.1) is 5.41 Å². The van der Waals surface area contributed by atoms with Gasteiger partial charge in [-0.15, -0.1) is 29.5 Å². The smallest absolute Gasteiger partial charge is 0.358 e. The van der Waals surface area contributed by atoms with Crippen LogP contribution in [0.5, 0.6) is 0 Å². The second-order valence-corrected chi connectivity index (χ2v) is 10.3. The molecule has 2 aliphatic heterocycles. The third-order valence-corrected chi connectivity index (χ3v) is 6.73. The first-order chi connectivity index (χ1) is 16.5. The molecule has 1 unspecified atom stereocenters. The maximum absolute atomic E-state index is 12.9. The van der Waals surface area contributed by atoms with E-state index in [0.29, 0.717) is 0 Å². The molecule has 3 rings (SSSR count). The molecule has 3 N–H and O–H groups in total. The summed E-state index contributed by atoms with van der Waals surface area (Å²) in [5.41, 5.74) is 4.99. The van der Waals surface area contributed by atoms with E-state index in [9.17, 15) is 19.2 Å². The number of ether oxygens (including phenoxy) is 2. The van der Waals surface area contributed by atoms with Crippen LogP contribution in [0.3, 0.4) is 0 Å². The maximum Gasteiger partial charge on any atom is 0.358 e. The van der Waals surface area contributed by atoms with Crippen LogP contribution in [0.2, 0.25) is 0 Å². The lowest BCUT2D eigenvalue weighted by Gasteiger charge is -2.49. The lowest BCUT2D eigenvalue weighted by molar-refractivity contribution is -0.173. The SMILES string of the molecule is C#CC1=C(C(=O)OCOC(=O)C(C)(C)C)N2C(=O)C(NC(=O)C(=NOC)c3csc(N)n3)[C@@H]2SC1. The Kier molecular flexibility index (Phi) is 7.71. The van der Waals surface area contributed by atoms with Crippen molar-refractivity contribution in [1.82, 2.24) is 15.2 Å². The number of carbonyl (C=O) groups excluding carboxylic acids is 4. The number of nitrogens with one attached hydrogen (secondary N) is 1. The summed E-state index contributed by atoms with van der Waals surface area (Å²) in [6.45, 7) is 4.32. The largest absolute Gasteiger partial charge is 0.427 e. The van der Waals surface area contributed by atoms with Gasteiger partial charge in [0.25, 0.3) is 11.8 Å². The molecule has 0 aromatic carbocycles. The molecule has 35 heavy (non-hydrogen) atoms. The number of terminal acetylenes is 1. The van der Waals surface area contributed by atoms with Crippen LogP contribution in [0.15, 0.2) is 21.8 Å². The molecule has 1 fully saturated rings. The van der Waals surface area contributed by atoms with Gasteiger partial charge >= 0.3 is 11.9 Å². The van der Waals surface area contributed by atoms with Gasteiger partial charge in [-0.1, -0.05) is 11.1 Å². The van der Waals surface area contributed by atoms with E-state index in [4.69, 9.17) is 26.5 Å². The molecule has 1 aromatic rings. The van der Waals surface area contributed by atoms with Gasteiger partial charge in [-0.2, -0.15) is 0 Å². The summed E-state index contributed by atoms with van der Waals surface area (Å²) in [6, 6.07) is -0.966. The molecule has 0 spiro atoms. The summed E-state index contributed by atoms with van der Waals surface area (Å²) < 4.78 is 10.00. The monoisotopic (exact) mass is 521 g/mol. The summed E-state index contributed by atoms with van der Waals surface area (Å²) >= 11 is 2.38. The molecule has 0 saturated carbocycles. The molecule has 0 bridgehead atoms. The number of nitrogens with two attached hydrogens (primary N) is 1. The van der Waals surface area contributed by atoms with E-state index in [1.807, 2.05) is 0 Å². The van der Waals surface area contributed by atoms with Gasteiger partial charge in [-0.3, -0.25) is 19.3 Å². The van der Waals surface area contributed by atoms with E-state index in [2.05, 4.69) is 21.4 Å². The summed E-state index contributed by atoms with van der Waals surface area (Å²) in [4.78, 5) is 60.3. The van der Waals surface area contributed by atoms with Crippen LogP contribution in [0.4, 0.5) is 5.13 Å². The zero-order valence-corrected chi connectivity index (χ0v) is 20.9. The average molecular weight is 522 g/mol. The average Bonchev–Trinajstić information content (AvgIpc) is 3.24. The van der Waals surface area contributed by atoms with E-state index in [0.717, 1.165) is 16.2 Å². The fourth-order valence-electron chi connectivity index (χ4n) is 3.04. The Bertz CT molecular complexity index is 1160. The highest BCUT2D eigenvalue weighted by molar-refractivity contribution is 8.00. The summed E-state index contributed by atoms with van der Waals surface area (Å²) in [6.07, 6.45) is 5.53. The Balaban J connectivity index is 1.71. The normalized spacial score (nSPS) is 19.8. The molecular formula is C21H23N5O7S2. The number of aromatic nitrogens is 1. The van der Waals surface area contributed by atoms with Crippen molar-refractivity contribution in [3.63, 3.8) is 0 Å². The number of thiazole rings is 1. The third-order valence-electron chi connectivity index (χ3n) is 4.78. The molecule has 2 aliphatic rings. The van der Waals surface area contributed by atoms with Crippen molar-refractivity contribution in [3.05, 3.63) is 22.3 Å². The number of nitrogen functional groups attached to an aromatic ring is 1. The van der Waals surface area contributed by atoms with Crippen molar-refractivity contribution in [1.29, 1.82) is 0 Å². The summed E-state index contributed by atoms with van der Waals surface area (Å²) in [5.74, 6) is -0.138. The molecular weight excluding hydrogens is 498 g/mol. The van der Waals surface area contributed by atoms with Gasteiger partial charge in [-0.05, 0) is 20.8 Å². The Morgan fingerprint density at radius 3 is 2.66 bits per heavy atom. The quantitative estimate of drug-likeness (QED) is 0.129. The second kappa shape index (κ2) is 10.4. The Hall–Kier alpha value is -3.57. The fraction of sp³-hybridized carbons (Fsp3) is 0.429. The van der Waals surface area contributed by atoms with E-state index in [-0.39, 0.29) is 33.6 Å². The zero-order valence-electron chi connectivity index (χ0n) is 19.3. The zero-order chi connectivity index (χ0) is 25.9. The van der Waals surface area contributed by atoms with Gasteiger partial charge in [0.15, 0.2) is 10.8 Å². The molecule has 1 aromatic heterocycles. The lowest BCUT2D eigenvalue weighted by atomic mass is 9.98. The van der Waals surface area contributed by atoms with Crippen LogP contribution < -0.4 is 11.1 Å². The lowest BCUT2D eigenvalue weighted by Crippen LogP contribution is -2.71. The molecule has 0 radical (unpaired) electrons. The molecule has 2 amide bonds. The number of hydrogen-bond donors (Lipinski definition) is 2. The van der Waals surface area contributed by atoms with E-state index in [1.54, 1.807) is 20.8 Å². The third kappa shape index (κ3) is 5.41. The first kappa shape index (κ1) is 26.0. The number of thioether (sulfide) groups is 1. The number of hydrogen-bond acceptors (Lipinski definition) is 12. The van der Waals surface area contributed by atoms with Crippen molar-refractivity contribution in [2.45, 2.75) is 32.2 Å². The highest BCUT2D eigenvalue weighted by Crippen LogP contribution is 2.40. The van der Waals surface area contributed by atoms with Gasteiger partial charge in [-0.25, -0.2) is 9.78 Å². The molecule has 186 valence electrons. The standard InChI is InChI=1S/C21H23N5O7S2/c1-6-10-7-34-17-13(24-15(27)12(25-31-5)11-8-35-20(22)23-11)16(28)26(17)14(10)18(29)32-9-33-19(30)21(2,3)4/h1,8,13,17H,7,9H2,2-5H3,(H2,22,23)(H,24,27)/t13?,17-/m0/s1.